The molecule has 1 aliphatic heterocycles. The highest BCUT2D eigenvalue weighted by molar-refractivity contribution is 5.94. The van der Waals surface area contributed by atoms with Crippen LogP contribution < -0.4 is 9.64 Å². The number of aromatic nitrogens is 4. The molecule has 1 aromatic heterocycles. The van der Waals surface area contributed by atoms with E-state index >= 15 is 0 Å². The maximum atomic E-state index is 13.2. The van der Waals surface area contributed by atoms with E-state index in [0.717, 1.165) is 11.3 Å². The molecule has 0 atom stereocenters. The van der Waals surface area contributed by atoms with Gasteiger partial charge in [0.15, 0.2) is 0 Å². The first-order valence-electron chi connectivity index (χ1n) is 11.3. The molecule has 0 unspecified atom stereocenters. The van der Waals surface area contributed by atoms with Crippen LogP contribution in [0.15, 0.2) is 78.9 Å². The largest absolute Gasteiger partial charge is 0.489 e. The van der Waals surface area contributed by atoms with Gasteiger partial charge in [-0.1, -0.05) is 47.6 Å². The van der Waals surface area contributed by atoms with E-state index in [9.17, 15) is 10.1 Å². The Hall–Kier alpha value is -4.71. The molecule has 0 bridgehead atoms. The second kappa shape index (κ2) is 10.1. The van der Waals surface area contributed by atoms with Gasteiger partial charge in [0.05, 0.1) is 17.3 Å². The van der Waals surface area contributed by atoms with Crippen LogP contribution in [0, 0.1) is 11.3 Å². The smallest absolute Gasteiger partial charge is 0.254 e. The Balaban J connectivity index is 1.22. The van der Waals surface area contributed by atoms with Gasteiger partial charge in [0.1, 0.15) is 12.4 Å². The lowest BCUT2D eigenvalue weighted by Gasteiger charge is -2.34. The Bertz CT molecular complexity index is 1360. The van der Waals surface area contributed by atoms with Crippen molar-refractivity contribution in [1.29, 1.82) is 5.26 Å². The molecule has 1 saturated heterocycles. The molecule has 0 radical (unpaired) electrons. The summed E-state index contributed by atoms with van der Waals surface area (Å²) in [5.74, 6) is 1.20. The average molecular weight is 466 g/mol. The summed E-state index contributed by atoms with van der Waals surface area (Å²) >= 11 is 0. The lowest BCUT2D eigenvalue weighted by Crippen LogP contribution is -2.49. The molecule has 1 fully saturated rings. The fourth-order valence-electron chi connectivity index (χ4n) is 4.04. The summed E-state index contributed by atoms with van der Waals surface area (Å²) < 4.78 is 7.59. The van der Waals surface area contributed by atoms with Crippen LogP contribution in [0.25, 0.3) is 5.69 Å². The zero-order valence-electron chi connectivity index (χ0n) is 19.0. The summed E-state index contributed by atoms with van der Waals surface area (Å²) in [6.07, 6.45) is 0. The van der Waals surface area contributed by atoms with Crippen molar-refractivity contribution in [3.63, 3.8) is 0 Å². The van der Waals surface area contributed by atoms with E-state index in [1.165, 1.54) is 0 Å². The van der Waals surface area contributed by atoms with Crippen LogP contribution in [0.3, 0.4) is 0 Å². The second-order valence-corrected chi connectivity index (χ2v) is 8.09. The SMILES string of the molecule is N#Cc1ccccc1COc1cccc(C(=O)N2CCN(c3nnnn3-c3ccccc3)CC2)c1. The molecular weight excluding hydrogens is 442 g/mol. The molecule has 0 saturated carbocycles. The number of benzene rings is 3. The van der Waals surface area contributed by atoms with Gasteiger partial charge in [-0.2, -0.15) is 9.94 Å². The van der Waals surface area contributed by atoms with Gasteiger partial charge >= 0.3 is 0 Å². The van der Waals surface area contributed by atoms with Gasteiger partial charge in [-0.05, 0) is 46.8 Å². The van der Waals surface area contributed by atoms with E-state index in [1.54, 1.807) is 22.9 Å². The predicted molar refractivity (Wildman–Crippen MR) is 129 cm³/mol. The molecule has 0 spiro atoms. The highest BCUT2D eigenvalue weighted by atomic mass is 16.5. The summed E-state index contributed by atoms with van der Waals surface area (Å²) in [7, 11) is 0. The molecule has 0 aliphatic carbocycles. The first-order chi connectivity index (χ1) is 17.2. The molecule has 1 amide bonds. The fourth-order valence-corrected chi connectivity index (χ4v) is 4.04. The maximum Gasteiger partial charge on any atom is 0.254 e. The summed E-state index contributed by atoms with van der Waals surface area (Å²) in [4.78, 5) is 17.1. The Morgan fingerprint density at radius 3 is 2.51 bits per heavy atom. The first kappa shape index (κ1) is 22.1. The summed E-state index contributed by atoms with van der Waals surface area (Å²) in [6, 6.07) is 26.4. The zero-order chi connectivity index (χ0) is 24.0. The number of hydrogen-bond acceptors (Lipinski definition) is 7. The van der Waals surface area contributed by atoms with E-state index in [-0.39, 0.29) is 12.5 Å². The van der Waals surface area contributed by atoms with Gasteiger partial charge in [-0.15, -0.1) is 0 Å². The van der Waals surface area contributed by atoms with Crippen LogP contribution in [-0.2, 0) is 6.61 Å². The fraction of sp³-hybridized carbons (Fsp3) is 0.192. The van der Waals surface area contributed by atoms with Crippen LogP contribution in [0.2, 0.25) is 0 Å². The molecule has 3 aromatic carbocycles. The van der Waals surface area contributed by atoms with Crippen LogP contribution in [0.5, 0.6) is 5.75 Å². The maximum absolute atomic E-state index is 13.2. The number of carbonyl (C=O) groups is 1. The molecule has 174 valence electrons. The minimum atomic E-state index is -0.0461. The van der Waals surface area contributed by atoms with Crippen LogP contribution >= 0.6 is 0 Å². The Kier molecular flexibility index (Phi) is 6.35. The van der Waals surface area contributed by atoms with E-state index in [4.69, 9.17) is 4.74 Å². The molecular formula is C26H23N7O2. The number of piperazine rings is 1. The first-order valence-corrected chi connectivity index (χ1v) is 11.3. The van der Waals surface area contributed by atoms with Gasteiger partial charge in [0, 0.05) is 37.3 Å². The number of tetrazole rings is 1. The second-order valence-electron chi connectivity index (χ2n) is 8.09. The lowest BCUT2D eigenvalue weighted by atomic mass is 10.1. The number of amides is 1. The van der Waals surface area contributed by atoms with Crippen molar-refractivity contribution >= 4 is 11.9 Å². The van der Waals surface area contributed by atoms with Crippen molar-refractivity contribution in [2.75, 3.05) is 31.1 Å². The van der Waals surface area contributed by atoms with Crippen molar-refractivity contribution in [2.45, 2.75) is 6.61 Å². The number of anilines is 1. The van der Waals surface area contributed by atoms with Crippen molar-refractivity contribution in [3.05, 3.63) is 95.6 Å². The lowest BCUT2D eigenvalue weighted by molar-refractivity contribution is 0.0745. The van der Waals surface area contributed by atoms with Crippen molar-refractivity contribution in [3.8, 4) is 17.5 Å². The minimum absolute atomic E-state index is 0.0461. The van der Waals surface area contributed by atoms with Crippen molar-refractivity contribution in [1.82, 2.24) is 25.1 Å². The molecule has 35 heavy (non-hydrogen) atoms. The number of nitriles is 1. The van der Waals surface area contributed by atoms with Crippen molar-refractivity contribution < 1.29 is 9.53 Å². The molecule has 4 aromatic rings. The van der Waals surface area contributed by atoms with Gasteiger partial charge in [0.2, 0.25) is 5.95 Å². The minimum Gasteiger partial charge on any atom is -0.489 e. The van der Waals surface area contributed by atoms with Crippen LogP contribution in [0.4, 0.5) is 5.95 Å². The Labute approximate surface area is 202 Å². The Morgan fingerprint density at radius 2 is 1.71 bits per heavy atom. The number of hydrogen-bond donors (Lipinski definition) is 0. The van der Waals surface area contributed by atoms with Crippen molar-refractivity contribution in [2.24, 2.45) is 0 Å². The highest BCUT2D eigenvalue weighted by Crippen LogP contribution is 2.20. The number of rotatable bonds is 6. The monoisotopic (exact) mass is 465 g/mol. The van der Waals surface area contributed by atoms with Gasteiger partial charge in [-0.3, -0.25) is 4.79 Å². The topological polar surface area (TPSA) is 100 Å². The molecule has 5 rings (SSSR count). The van der Waals surface area contributed by atoms with E-state index < -0.39 is 0 Å². The standard InChI is InChI=1S/C26H23N7O2/c27-18-21-7-4-5-8-22(21)19-35-24-12-6-9-20(17-24)25(34)31-13-15-32(16-14-31)26-28-29-30-33(26)23-10-2-1-3-11-23/h1-12,17H,13-16,19H2. The number of para-hydroxylation sites is 1. The van der Waals surface area contributed by atoms with E-state index in [2.05, 4.69) is 26.5 Å². The number of ether oxygens (including phenoxy) is 1. The van der Waals surface area contributed by atoms with E-state index in [1.807, 2.05) is 65.6 Å². The van der Waals surface area contributed by atoms with Gasteiger partial charge < -0.3 is 14.5 Å². The predicted octanol–water partition coefficient (Wildman–Crippen LogP) is 3.08. The molecule has 2 heterocycles. The van der Waals surface area contributed by atoms with E-state index in [0.29, 0.717) is 49.0 Å². The zero-order valence-corrected chi connectivity index (χ0v) is 19.0. The molecule has 9 nitrogen and oxygen atoms in total. The third kappa shape index (κ3) is 4.82. The number of carbonyl (C=O) groups excluding carboxylic acids is 1. The summed E-state index contributed by atoms with van der Waals surface area (Å²) in [5.41, 5.74) is 2.84. The van der Waals surface area contributed by atoms with Crippen LogP contribution in [0.1, 0.15) is 21.5 Å². The summed E-state index contributed by atoms with van der Waals surface area (Å²) in [6.45, 7) is 2.62. The van der Waals surface area contributed by atoms with Crippen LogP contribution in [-0.4, -0.2) is 57.2 Å². The third-order valence-electron chi connectivity index (χ3n) is 5.92. The average Bonchev–Trinajstić information content (AvgIpc) is 3.42. The summed E-state index contributed by atoms with van der Waals surface area (Å²) in [5, 5.41) is 21.4. The highest BCUT2D eigenvalue weighted by Gasteiger charge is 2.25. The van der Waals surface area contributed by atoms with Gasteiger partial charge in [0.25, 0.3) is 5.91 Å². The molecule has 9 heteroatoms. The quantitative estimate of drug-likeness (QED) is 0.431. The number of nitrogens with zero attached hydrogens (tertiary/aromatic N) is 7. The molecule has 0 N–H and O–H groups in total. The normalized spacial score (nSPS) is 13.3. The van der Waals surface area contributed by atoms with Gasteiger partial charge in [-0.25, -0.2) is 0 Å². The molecule has 1 aliphatic rings. The Morgan fingerprint density at radius 1 is 0.943 bits per heavy atom. The third-order valence-corrected chi connectivity index (χ3v) is 5.92.